The molecule has 0 fully saturated rings. The molecular formula is C15H17NO3S2. The van der Waals surface area contributed by atoms with E-state index in [4.69, 9.17) is 4.74 Å². The van der Waals surface area contributed by atoms with Gasteiger partial charge in [-0.25, -0.2) is 13.1 Å². The first-order valence-corrected chi connectivity index (χ1v) is 9.15. The Hall–Kier alpha value is -1.37. The van der Waals surface area contributed by atoms with Gasteiger partial charge >= 0.3 is 0 Å². The molecule has 0 saturated carbocycles. The number of sulfonamides is 1. The molecule has 0 spiro atoms. The molecule has 1 aromatic carbocycles. The SMILES string of the molecule is Cc1ccc(S(=O)(=O)NCCc2ccc3c(c2)CCO3)s1. The van der Waals surface area contributed by atoms with Crippen LogP contribution in [0.25, 0.3) is 0 Å². The van der Waals surface area contributed by atoms with Gasteiger partial charge in [0.15, 0.2) is 0 Å². The van der Waals surface area contributed by atoms with Gasteiger partial charge in [-0.15, -0.1) is 11.3 Å². The normalized spacial score (nSPS) is 14.0. The van der Waals surface area contributed by atoms with E-state index in [-0.39, 0.29) is 0 Å². The number of benzene rings is 1. The van der Waals surface area contributed by atoms with E-state index in [1.54, 1.807) is 6.07 Å². The van der Waals surface area contributed by atoms with Crippen LogP contribution in [0, 0.1) is 6.92 Å². The van der Waals surface area contributed by atoms with Gasteiger partial charge in [0.1, 0.15) is 9.96 Å². The topological polar surface area (TPSA) is 55.4 Å². The Morgan fingerprint density at radius 1 is 1.29 bits per heavy atom. The van der Waals surface area contributed by atoms with Crippen molar-refractivity contribution in [2.45, 2.75) is 24.0 Å². The number of nitrogens with one attached hydrogen (secondary N) is 1. The Morgan fingerprint density at radius 2 is 2.14 bits per heavy atom. The van der Waals surface area contributed by atoms with Gasteiger partial charge in [-0.3, -0.25) is 0 Å². The number of rotatable bonds is 5. The molecule has 0 unspecified atom stereocenters. The van der Waals surface area contributed by atoms with E-state index < -0.39 is 10.0 Å². The first-order chi connectivity index (χ1) is 10.0. The fraction of sp³-hybridized carbons (Fsp3) is 0.333. The van der Waals surface area contributed by atoms with Gasteiger partial charge < -0.3 is 4.74 Å². The first kappa shape index (κ1) is 14.6. The highest BCUT2D eigenvalue weighted by atomic mass is 32.2. The lowest BCUT2D eigenvalue weighted by Crippen LogP contribution is -2.25. The number of fused-ring (bicyclic) bond motifs is 1. The van der Waals surface area contributed by atoms with Gasteiger partial charge in [0.25, 0.3) is 0 Å². The smallest absolute Gasteiger partial charge is 0.250 e. The van der Waals surface area contributed by atoms with E-state index in [1.807, 2.05) is 25.1 Å². The van der Waals surface area contributed by atoms with Crippen LogP contribution in [0.5, 0.6) is 5.75 Å². The molecular weight excluding hydrogens is 306 g/mol. The zero-order valence-electron chi connectivity index (χ0n) is 11.8. The van der Waals surface area contributed by atoms with Crippen LogP contribution in [0.3, 0.4) is 0 Å². The minimum absolute atomic E-state index is 0.377. The van der Waals surface area contributed by atoms with Gasteiger partial charge in [-0.1, -0.05) is 12.1 Å². The first-order valence-electron chi connectivity index (χ1n) is 6.85. The minimum atomic E-state index is -3.38. The summed E-state index contributed by atoms with van der Waals surface area (Å²) in [6.07, 6.45) is 1.61. The lowest BCUT2D eigenvalue weighted by Gasteiger charge is -2.06. The molecule has 1 aromatic heterocycles. The predicted molar refractivity (Wildman–Crippen MR) is 83.6 cm³/mol. The predicted octanol–water partition coefficient (Wildman–Crippen LogP) is 2.51. The summed E-state index contributed by atoms with van der Waals surface area (Å²) < 4.78 is 32.7. The van der Waals surface area contributed by atoms with Crippen LogP contribution in [0.15, 0.2) is 34.5 Å². The molecule has 1 N–H and O–H groups in total. The van der Waals surface area contributed by atoms with E-state index in [1.165, 1.54) is 16.9 Å². The van der Waals surface area contributed by atoms with E-state index >= 15 is 0 Å². The third-order valence-corrected chi connectivity index (χ3v) is 6.39. The number of hydrogen-bond donors (Lipinski definition) is 1. The highest BCUT2D eigenvalue weighted by molar-refractivity contribution is 7.91. The van der Waals surface area contributed by atoms with Crippen molar-refractivity contribution in [3.8, 4) is 5.75 Å². The molecule has 112 valence electrons. The Morgan fingerprint density at radius 3 is 2.90 bits per heavy atom. The van der Waals surface area contributed by atoms with Crippen molar-refractivity contribution < 1.29 is 13.2 Å². The number of hydrogen-bond acceptors (Lipinski definition) is 4. The van der Waals surface area contributed by atoms with Crippen molar-refractivity contribution in [2.75, 3.05) is 13.2 Å². The van der Waals surface area contributed by atoms with Crippen LogP contribution in [-0.4, -0.2) is 21.6 Å². The average molecular weight is 323 g/mol. The molecule has 2 heterocycles. The van der Waals surface area contributed by atoms with E-state index in [2.05, 4.69) is 10.8 Å². The van der Waals surface area contributed by atoms with Crippen molar-refractivity contribution in [1.82, 2.24) is 4.72 Å². The van der Waals surface area contributed by atoms with Gasteiger partial charge in [-0.2, -0.15) is 0 Å². The van der Waals surface area contributed by atoms with Crippen molar-refractivity contribution in [2.24, 2.45) is 0 Å². The zero-order valence-corrected chi connectivity index (χ0v) is 13.4. The Bertz CT molecular complexity index is 750. The number of thiophene rings is 1. The third kappa shape index (κ3) is 3.28. The van der Waals surface area contributed by atoms with Crippen molar-refractivity contribution in [3.63, 3.8) is 0 Å². The summed E-state index contributed by atoms with van der Waals surface area (Å²) in [5.74, 6) is 0.952. The lowest BCUT2D eigenvalue weighted by molar-refractivity contribution is 0.357. The van der Waals surface area contributed by atoms with Gasteiger partial charge in [-0.05, 0) is 42.7 Å². The third-order valence-electron chi connectivity index (χ3n) is 3.44. The molecule has 3 rings (SSSR count). The molecule has 1 aliphatic heterocycles. The van der Waals surface area contributed by atoms with Crippen molar-refractivity contribution in [3.05, 3.63) is 46.3 Å². The molecule has 4 nitrogen and oxygen atoms in total. The fourth-order valence-electron chi connectivity index (χ4n) is 2.35. The van der Waals surface area contributed by atoms with E-state index in [0.29, 0.717) is 17.2 Å². The van der Waals surface area contributed by atoms with Gasteiger partial charge in [0.05, 0.1) is 6.61 Å². The van der Waals surface area contributed by atoms with Crippen LogP contribution in [0.4, 0.5) is 0 Å². The highest BCUT2D eigenvalue weighted by Gasteiger charge is 2.16. The second-order valence-electron chi connectivity index (χ2n) is 5.05. The van der Waals surface area contributed by atoms with E-state index in [0.717, 1.165) is 29.2 Å². The molecule has 0 bridgehead atoms. The lowest BCUT2D eigenvalue weighted by atomic mass is 10.1. The van der Waals surface area contributed by atoms with Crippen LogP contribution >= 0.6 is 11.3 Å². The molecule has 1 aliphatic rings. The van der Waals surface area contributed by atoms with Gasteiger partial charge in [0.2, 0.25) is 10.0 Å². The fourth-order valence-corrected chi connectivity index (χ4v) is 4.71. The number of aryl methyl sites for hydroxylation is 1. The molecule has 0 saturated heterocycles. The standard InChI is InChI=1S/C15H17NO3S2/c1-11-2-5-15(20-11)21(17,18)16-8-6-12-3-4-14-13(10-12)7-9-19-14/h2-5,10,16H,6-9H2,1H3. The largest absolute Gasteiger partial charge is 0.493 e. The second-order valence-corrected chi connectivity index (χ2v) is 8.34. The highest BCUT2D eigenvalue weighted by Crippen LogP contribution is 2.26. The average Bonchev–Trinajstić information content (AvgIpc) is 3.06. The quantitative estimate of drug-likeness (QED) is 0.920. The monoisotopic (exact) mass is 323 g/mol. The molecule has 6 heteroatoms. The zero-order chi connectivity index (χ0) is 14.9. The van der Waals surface area contributed by atoms with Crippen LogP contribution < -0.4 is 9.46 Å². The summed E-state index contributed by atoms with van der Waals surface area (Å²) in [5.41, 5.74) is 2.34. The summed E-state index contributed by atoms with van der Waals surface area (Å²) in [7, 11) is -3.38. The van der Waals surface area contributed by atoms with Crippen LogP contribution in [-0.2, 0) is 22.9 Å². The summed E-state index contributed by atoms with van der Waals surface area (Å²) in [6.45, 7) is 3.04. The Kier molecular flexibility index (Phi) is 4.01. The maximum atomic E-state index is 12.1. The molecule has 21 heavy (non-hydrogen) atoms. The van der Waals surface area contributed by atoms with Crippen molar-refractivity contribution in [1.29, 1.82) is 0 Å². The van der Waals surface area contributed by atoms with Crippen LogP contribution in [0.1, 0.15) is 16.0 Å². The molecule has 0 amide bonds. The summed E-state index contributed by atoms with van der Waals surface area (Å²) in [4.78, 5) is 0.994. The maximum Gasteiger partial charge on any atom is 0.250 e. The van der Waals surface area contributed by atoms with Crippen LogP contribution in [0.2, 0.25) is 0 Å². The molecule has 0 atom stereocenters. The second kappa shape index (κ2) is 5.79. The molecule has 0 aliphatic carbocycles. The number of ether oxygens (including phenoxy) is 1. The Labute approximate surface area is 128 Å². The molecule has 2 aromatic rings. The van der Waals surface area contributed by atoms with Crippen molar-refractivity contribution >= 4 is 21.4 Å². The maximum absolute atomic E-state index is 12.1. The summed E-state index contributed by atoms with van der Waals surface area (Å²) in [6, 6.07) is 9.53. The minimum Gasteiger partial charge on any atom is -0.493 e. The summed E-state index contributed by atoms with van der Waals surface area (Å²) >= 11 is 1.29. The summed E-state index contributed by atoms with van der Waals surface area (Å²) in [5, 5.41) is 0. The molecule has 0 radical (unpaired) electrons. The van der Waals surface area contributed by atoms with Gasteiger partial charge in [0, 0.05) is 17.8 Å². The van der Waals surface area contributed by atoms with E-state index in [9.17, 15) is 8.42 Å². The Balaban J connectivity index is 1.61.